The molecule has 3 aromatic heterocycles. The molecule has 1 aliphatic rings. The molecule has 0 atom stereocenters. The molecule has 3 aromatic rings. The molecule has 7 heteroatoms. The van der Waals surface area contributed by atoms with Gasteiger partial charge in [-0.3, -0.25) is 4.79 Å². The highest BCUT2D eigenvalue weighted by atomic mass is 32.1. The van der Waals surface area contributed by atoms with Gasteiger partial charge in [0.2, 0.25) is 5.91 Å². The predicted molar refractivity (Wildman–Crippen MR) is 104 cm³/mol. The van der Waals surface area contributed by atoms with E-state index in [9.17, 15) is 4.79 Å². The van der Waals surface area contributed by atoms with E-state index in [0.29, 0.717) is 12.2 Å². The van der Waals surface area contributed by atoms with Crippen LogP contribution in [-0.4, -0.2) is 39.0 Å². The highest BCUT2D eigenvalue weighted by Gasteiger charge is 2.28. The maximum absolute atomic E-state index is 12.5. The van der Waals surface area contributed by atoms with Gasteiger partial charge in [0.25, 0.3) is 0 Å². The number of aromatic nitrogens is 3. The monoisotopic (exact) mass is 382 g/mol. The van der Waals surface area contributed by atoms with E-state index < -0.39 is 0 Å². The lowest BCUT2D eigenvalue weighted by molar-refractivity contribution is -0.131. The standard InChI is InChI=1S/C20H22N4O2S/c1-13-10-18(26-23-13)17-12-21-14(2)22-20(17)15-5-7-24(8-6-15)19(25)11-16-4-3-9-27-16/h3-4,9-10,12,15H,5-8,11H2,1-2H3. The quantitative estimate of drug-likeness (QED) is 0.687. The fourth-order valence-electron chi connectivity index (χ4n) is 3.56. The van der Waals surface area contributed by atoms with Crippen LogP contribution in [0.3, 0.4) is 0 Å². The van der Waals surface area contributed by atoms with Crippen LogP contribution < -0.4 is 0 Å². The minimum atomic E-state index is 0.209. The van der Waals surface area contributed by atoms with Crippen molar-refractivity contribution in [2.24, 2.45) is 0 Å². The van der Waals surface area contributed by atoms with E-state index in [-0.39, 0.29) is 11.8 Å². The Morgan fingerprint density at radius 3 is 2.81 bits per heavy atom. The van der Waals surface area contributed by atoms with Gasteiger partial charge in [0.05, 0.1) is 23.4 Å². The van der Waals surface area contributed by atoms with Gasteiger partial charge in [-0.25, -0.2) is 9.97 Å². The van der Waals surface area contributed by atoms with Crippen molar-refractivity contribution in [2.45, 2.75) is 39.0 Å². The second kappa shape index (κ2) is 7.60. The smallest absolute Gasteiger partial charge is 0.227 e. The maximum Gasteiger partial charge on any atom is 0.227 e. The number of likely N-dealkylation sites (tertiary alicyclic amines) is 1. The van der Waals surface area contributed by atoms with Crippen molar-refractivity contribution in [1.29, 1.82) is 0 Å². The highest BCUT2D eigenvalue weighted by Crippen LogP contribution is 2.34. The molecular formula is C20H22N4O2S. The molecule has 4 rings (SSSR count). The molecule has 1 saturated heterocycles. The Hall–Kier alpha value is -2.54. The molecule has 1 fully saturated rings. The van der Waals surface area contributed by atoms with Crippen LogP contribution in [0.25, 0.3) is 11.3 Å². The summed E-state index contributed by atoms with van der Waals surface area (Å²) < 4.78 is 5.45. The van der Waals surface area contributed by atoms with Crippen molar-refractivity contribution < 1.29 is 9.32 Å². The predicted octanol–water partition coefficient (Wildman–Crippen LogP) is 3.76. The topological polar surface area (TPSA) is 72.1 Å². The largest absolute Gasteiger partial charge is 0.356 e. The van der Waals surface area contributed by atoms with E-state index in [1.54, 1.807) is 11.3 Å². The number of hydrogen-bond acceptors (Lipinski definition) is 6. The summed E-state index contributed by atoms with van der Waals surface area (Å²) in [4.78, 5) is 24.7. The molecule has 0 N–H and O–H groups in total. The van der Waals surface area contributed by atoms with Gasteiger partial charge < -0.3 is 9.42 Å². The second-order valence-corrected chi connectivity index (χ2v) is 7.99. The van der Waals surface area contributed by atoms with Crippen molar-refractivity contribution in [2.75, 3.05) is 13.1 Å². The van der Waals surface area contributed by atoms with Gasteiger partial charge in [0.1, 0.15) is 5.82 Å². The number of amides is 1. The lowest BCUT2D eigenvalue weighted by Crippen LogP contribution is -2.39. The van der Waals surface area contributed by atoms with Gasteiger partial charge in [-0.15, -0.1) is 11.3 Å². The van der Waals surface area contributed by atoms with Crippen LogP contribution in [0.4, 0.5) is 0 Å². The molecule has 0 spiro atoms. The Kier molecular flexibility index (Phi) is 5.03. The summed E-state index contributed by atoms with van der Waals surface area (Å²) >= 11 is 1.64. The number of thiophene rings is 1. The number of piperidine rings is 1. The normalized spacial score (nSPS) is 15.3. The van der Waals surface area contributed by atoms with Crippen LogP contribution in [0, 0.1) is 13.8 Å². The zero-order valence-corrected chi connectivity index (χ0v) is 16.3. The molecule has 140 valence electrons. The summed E-state index contributed by atoms with van der Waals surface area (Å²) in [5.41, 5.74) is 2.75. The third-order valence-electron chi connectivity index (χ3n) is 4.97. The van der Waals surface area contributed by atoms with E-state index >= 15 is 0 Å². The van der Waals surface area contributed by atoms with Crippen LogP contribution in [-0.2, 0) is 11.2 Å². The molecule has 4 heterocycles. The van der Waals surface area contributed by atoms with Gasteiger partial charge in [0.15, 0.2) is 5.76 Å². The molecule has 0 saturated carbocycles. The van der Waals surface area contributed by atoms with Crippen LogP contribution in [0.15, 0.2) is 34.3 Å². The van der Waals surface area contributed by atoms with Crippen LogP contribution in [0.5, 0.6) is 0 Å². The number of hydrogen-bond donors (Lipinski definition) is 0. The first kappa shape index (κ1) is 17.9. The van der Waals surface area contributed by atoms with Crippen molar-refractivity contribution in [1.82, 2.24) is 20.0 Å². The third-order valence-corrected chi connectivity index (χ3v) is 5.85. The molecular weight excluding hydrogens is 360 g/mol. The zero-order chi connectivity index (χ0) is 18.8. The van der Waals surface area contributed by atoms with Gasteiger partial charge in [0, 0.05) is 36.1 Å². The highest BCUT2D eigenvalue weighted by molar-refractivity contribution is 7.10. The van der Waals surface area contributed by atoms with Crippen molar-refractivity contribution in [3.8, 4) is 11.3 Å². The minimum absolute atomic E-state index is 0.209. The lowest BCUT2D eigenvalue weighted by atomic mass is 9.90. The summed E-state index contributed by atoms with van der Waals surface area (Å²) in [6.07, 6.45) is 4.11. The average molecular weight is 382 g/mol. The fraction of sp³-hybridized carbons (Fsp3) is 0.400. The van der Waals surface area contributed by atoms with E-state index in [4.69, 9.17) is 9.51 Å². The fourth-order valence-corrected chi connectivity index (χ4v) is 4.25. The van der Waals surface area contributed by atoms with E-state index in [0.717, 1.165) is 53.6 Å². The molecule has 0 bridgehead atoms. The van der Waals surface area contributed by atoms with Crippen molar-refractivity contribution in [3.05, 3.63) is 51.9 Å². The molecule has 1 amide bonds. The summed E-state index contributed by atoms with van der Waals surface area (Å²) in [5, 5.41) is 6.00. The summed E-state index contributed by atoms with van der Waals surface area (Å²) in [5.74, 6) is 1.96. The van der Waals surface area contributed by atoms with Gasteiger partial charge in [-0.1, -0.05) is 11.2 Å². The summed E-state index contributed by atoms with van der Waals surface area (Å²) in [6, 6.07) is 5.92. The van der Waals surface area contributed by atoms with Crippen LogP contribution in [0.1, 0.15) is 40.8 Å². The molecule has 27 heavy (non-hydrogen) atoms. The Morgan fingerprint density at radius 1 is 1.33 bits per heavy atom. The molecule has 0 unspecified atom stereocenters. The van der Waals surface area contributed by atoms with Gasteiger partial charge >= 0.3 is 0 Å². The third kappa shape index (κ3) is 3.93. The van der Waals surface area contributed by atoms with Crippen LogP contribution >= 0.6 is 11.3 Å². The first-order valence-electron chi connectivity index (χ1n) is 9.17. The number of carbonyl (C=O) groups excluding carboxylic acids is 1. The van der Waals surface area contributed by atoms with E-state index in [1.807, 2.05) is 48.5 Å². The number of rotatable bonds is 4. The SMILES string of the molecule is Cc1cc(-c2cnc(C)nc2C2CCN(C(=O)Cc3cccs3)CC2)on1. The summed E-state index contributed by atoms with van der Waals surface area (Å²) in [7, 11) is 0. The Morgan fingerprint density at radius 2 is 2.15 bits per heavy atom. The molecule has 0 radical (unpaired) electrons. The number of aryl methyl sites for hydroxylation is 2. The van der Waals surface area contributed by atoms with E-state index in [1.165, 1.54) is 0 Å². The van der Waals surface area contributed by atoms with Crippen molar-refractivity contribution in [3.63, 3.8) is 0 Å². The average Bonchev–Trinajstić information content (AvgIpc) is 3.33. The first-order valence-corrected chi connectivity index (χ1v) is 10.1. The number of carbonyl (C=O) groups is 1. The Bertz CT molecular complexity index is 927. The molecule has 0 aromatic carbocycles. The van der Waals surface area contributed by atoms with E-state index in [2.05, 4.69) is 10.1 Å². The van der Waals surface area contributed by atoms with Crippen molar-refractivity contribution >= 4 is 17.2 Å². The van der Waals surface area contributed by atoms with Gasteiger partial charge in [-0.05, 0) is 38.1 Å². The maximum atomic E-state index is 12.5. The lowest BCUT2D eigenvalue weighted by Gasteiger charge is -2.32. The van der Waals surface area contributed by atoms with Crippen LogP contribution in [0.2, 0.25) is 0 Å². The number of nitrogens with zero attached hydrogens (tertiary/aromatic N) is 4. The molecule has 1 aliphatic heterocycles. The second-order valence-electron chi connectivity index (χ2n) is 6.96. The molecule has 0 aliphatic carbocycles. The Balaban J connectivity index is 1.48. The summed E-state index contributed by atoms with van der Waals surface area (Å²) in [6.45, 7) is 5.32. The molecule has 6 nitrogen and oxygen atoms in total. The first-order chi connectivity index (χ1) is 13.1. The minimum Gasteiger partial charge on any atom is -0.356 e. The Labute approximate surface area is 162 Å². The zero-order valence-electron chi connectivity index (χ0n) is 15.5. The van der Waals surface area contributed by atoms with Gasteiger partial charge in [-0.2, -0.15) is 0 Å².